The van der Waals surface area contributed by atoms with E-state index in [1.807, 2.05) is 4.90 Å². The number of amides is 3. The Balaban J connectivity index is 1.29. The van der Waals surface area contributed by atoms with Crippen LogP contribution in [0, 0.1) is 23.6 Å². The van der Waals surface area contributed by atoms with E-state index in [9.17, 15) is 14.0 Å². The van der Waals surface area contributed by atoms with Crippen LogP contribution in [-0.2, 0) is 4.79 Å². The minimum absolute atomic E-state index is 0.00460. The normalized spacial score (nSPS) is 32.7. The second kappa shape index (κ2) is 6.87. The van der Waals surface area contributed by atoms with E-state index in [-0.39, 0.29) is 35.8 Å². The summed E-state index contributed by atoms with van der Waals surface area (Å²) in [7, 11) is 0. The maximum Gasteiger partial charge on any atom is 0.319 e. The molecule has 0 spiro atoms. The second-order valence-electron chi connectivity index (χ2n) is 7.81. The summed E-state index contributed by atoms with van der Waals surface area (Å²) in [6.07, 6.45) is 4.10. The number of urea groups is 1. The molecule has 5 atom stereocenters. The highest BCUT2D eigenvalue weighted by Crippen LogP contribution is 2.48. The Bertz CT molecular complexity index is 693. The third kappa shape index (κ3) is 3.28. The van der Waals surface area contributed by atoms with Gasteiger partial charge in [0, 0.05) is 30.9 Å². The molecular weight excluding hydrogens is 335 g/mol. The highest BCUT2D eigenvalue weighted by atomic mass is 19.1. The van der Waals surface area contributed by atoms with Crippen molar-refractivity contribution in [3.8, 4) is 0 Å². The van der Waals surface area contributed by atoms with E-state index in [0.29, 0.717) is 30.6 Å². The van der Waals surface area contributed by atoms with E-state index in [0.717, 1.165) is 25.7 Å². The number of carbonyl (C=O) groups excluding carboxylic acids is 2. The first kappa shape index (κ1) is 17.3. The van der Waals surface area contributed by atoms with Gasteiger partial charge in [0.1, 0.15) is 5.82 Å². The van der Waals surface area contributed by atoms with Crippen LogP contribution < -0.4 is 16.4 Å². The highest BCUT2D eigenvalue weighted by molar-refractivity contribution is 5.89. The van der Waals surface area contributed by atoms with Gasteiger partial charge in [-0.3, -0.25) is 4.79 Å². The molecule has 4 N–H and O–H groups in total. The third-order valence-electron chi connectivity index (χ3n) is 6.20. The number of carbonyl (C=O) groups is 2. The Morgan fingerprint density at radius 2 is 1.85 bits per heavy atom. The van der Waals surface area contributed by atoms with Gasteiger partial charge in [-0.15, -0.1) is 0 Å². The molecule has 6 nitrogen and oxygen atoms in total. The standard InChI is InChI=1S/C19H25FN4O2/c20-13-3-5-14(6-4-13)22-19(26)23-15-7-8-24(10-15)18(25)16-11-1-2-12(9-11)17(16)21/h3-6,11-12,15-17H,1-2,7-10,21H2,(H2,22,23,26). The van der Waals surface area contributed by atoms with Crippen LogP contribution in [0.5, 0.6) is 0 Å². The highest BCUT2D eigenvalue weighted by Gasteiger charge is 2.50. The van der Waals surface area contributed by atoms with Crippen LogP contribution in [0.15, 0.2) is 24.3 Å². The summed E-state index contributed by atoms with van der Waals surface area (Å²) in [5.41, 5.74) is 6.82. The van der Waals surface area contributed by atoms with Gasteiger partial charge < -0.3 is 21.3 Å². The van der Waals surface area contributed by atoms with E-state index in [4.69, 9.17) is 5.73 Å². The first-order valence-corrected chi connectivity index (χ1v) is 9.38. The van der Waals surface area contributed by atoms with Gasteiger partial charge in [-0.1, -0.05) is 0 Å². The number of benzene rings is 1. The SMILES string of the molecule is NC1C2CCC(C2)C1C(=O)N1CCC(NC(=O)Nc2ccc(F)cc2)C1. The van der Waals surface area contributed by atoms with Crippen molar-refractivity contribution in [1.29, 1.82) is 0 Å². The molecule has 2 bridgehead atoms. The van der Waals surface area contributed by atoms with Crippen LogP contribution in [0.1, 0.15) is 25.7 Å². The van der Waals surface area contributed by atoms with Crippen molar-refractivity contribution in [2.24, 2.45) is 23.5 Å². The summed E-state index contributed by atoms with van der Waals surface area (Å²) >= 11 is 0. The average Bonchev–Trinajstić information content (AvgIpc) is 3.32. The number of nitrogens with two attached hydrogens (primary N) is 1. The maximum absolute atomic E-state index is 12.9. The van der Waals surface area contributed by atoms with E-state index in [2.05, 4.69) is 10.6 Å². The zero-order chi connectivity index (χ0) is 18.3. The fraction of sp³-hybridized carbons (Fsp3) is 0.579. The van der Waals surface area contributed by atoms with Crippen molar-refractivity contribution in [1.82, 2.24) is 10.2 Å². The van der Waals surface area contributed by atoms with Crippen LogP contribution in [0.25, 0.3) is 0 Å². The van der Waals surface area contributed by atoms with Gasteiger partial charge in [0.2, 0.25) is 5.91 Å². The number of rotatable bonds is 3. The van der Waals surface area contributed by atoms with Crippen LogP contribution in [-0.4, -0.2) is 42.0 Å². The summed E-state index contributed by atoms with van der Waals surface area (Å²) < 4.78 is 12.9. The maximum atomic E-state index is 12.9. The number of halogens is 1. The molecule has 1 aliphatic heterocycles. The minimum atomic E-state index is -0.347. The van der Waals surface area contributed by atoms with Crippen molar-refractivity contribution < 1.29 is 14.0 Å². The number of nitrogens with zero attached hydrogens (tertiary/aromatic N) is 1. The molecular formula is C19H25FN4O2. The van der Waals surface area contributed by atoms with Crippen LogP contribution in [0.4, 0.5) is 14.9 Å². The lowest BCUT2D eigenvalue weighted by Gasteiger charge is -2.30. The van der Waals surface area contributed by atoms with Crippen molar-refractivity contribution >= 4 is 17.6 Å². The van der Waals surface area contributed by atoms with Crippen molar-refractivity contribution in [2.75, 3.05) is 18.4 Å². The lowest BCUT2D eigenvalue weighted by atomic mass is 9.84. The third-order valence-corrected chi connectivity index (χ3v) is 6.20. The second-order valence-corrected chi connectivity index (χ2v) is 7.81. The fourth-order valence-electron chi connectivity index (χ4n) is 4.88. The summed E-state index contributed by atoms with van der Waals surface area (Å²) in [5.74, 6) is 0.719. The lowest BCUT2D eigenvalue weighted by molar-refractivity contribution is -0.136. The summed E-state index contributed by atoms with van der Waals surface area (Å²) in [5, 5.41) is 5.58. The molecule has 3 aliphatic rings. The Hall–Kier alpha value is -2.15. The van der Waals surface area contributed by atoms with Gasteiger partial charge in [0.15, 0.2) is 0 Å². The average molecular weight is 360 g/mol. The van der Waals surface area contributed by atoms with Gasteiger partial charge in [0.25, 0.3) is 0 Å². The lowest BCUT2D eigenvalue weighted by Crippen LogP contribution is -2.47. The van der Waals surface area contributed by atoms with E-state index < -0.39 is 0 Å². The quantitative estimate of drug-likeness (QED) is 0.770. The molecule has 4 rings (SSSR count). The molecule has 1 heterocycles. The Kier molecular flexibility index (Phi) is 4.56. The molecule has 5 unspecified atom stereocenters. The summed E-state index contributed by atoms with van der Waals surface area (Å²) in [6, 6.07) is 5.19. The number of hydrogen-bond donors (Lipinski definition) is 3. The van der Waals surface area contributed by atoms with E-state index in [1.54, 1.807) is 0 Å². The molecule has 2 aliphatic carbocycles. The van der Waals surface area contributed by atoms with Crippen molar-refractivity contribution in [3.05, 3.63) is 30.1 Å². The van der Waals surface area contributed by atoms with Gasteiger partial charge in [-0.2, -0.15) is 0 Å². The molecule has 1 aromatic rings. The Labute approximate surface area is 152 Å². The largest absolute Gasteiger partial charge is 0.340 e. The monoisotopic (exact) mass is 360 g/mol. The number of nitrogens with one attached hydrogen (secondary N) is 2. The number of hydrogen-bond acceptors (Lipinski definition) is 3. The fourth-order valence-corrected chi connectivity index (χ4v) is 4.88. The first-order valence-electron chi connectivity index (χ1n) is 9.38. The zero-order valence-electron chi connectivity index (χ0n) is 14.7. The number of fused-ring (bicyclic) bond motifs is 2. The van der Waals surface area contributed by atoms with Crippen molar-refractivity contribution in [2.45, 2.75) is 37.8 Å². The van der Waals surface area contributed by atoms with E-state index in [1.165, 1.54) is 24.3 Å². The van der Waals surface area contributed by atoms with Gasteiger partial charge >= 0.3 is 6.03 Å². The predicted molar refractivity (Wildman–Crippen MR) is 95.8 cm³/mol. The van der Waals surface area contributed by atoms with Gasteiger partial charge in [0.05, 0.1) is 5.92 Å². The minimum Gasteiger partial charge on any atom is -0.340 e. The predicted octanol–water partition coefficient (Wildman–Crippen LogP) is 1.92. The topological polar surface area (TPSA) is 87.5 Å². The zero-order valence-corrected chi connectivity index (χ0v) is 14.7. The summed E-state index contributed by atoms with van der Waals surface area (Å²) in [4.78, 5) is 26.8. The summed E-state index contributed by atoms with van der Waals surface area (Å²) in [6.45, 7) is 1.18. The Morgan fingerprint density at radius 3 is 2.54 bits per heavy atom. The number of likely N-dealkylation sites (tertiary alicyclic amines) is 1. The molecule has 140 valence electrons. The van der Waals surface area contributed by atoms with Crippen LogP contribution >= 0.6 is 0 Å². The molecule has 2 saturated carbocycles. The molecule has 26 heavy (non-hydrogen) atoms. The van der Waals surface area contributed by atoms with Gasteiger partial charge in [-0.25, -0.2) is 9.18 Å². The molecule has 1 aromatic carbocycles. The van der Waals surface area contributed by atoms with Crippen LogP contribution in [0.2, 0.25) is 0 Å². The molecule has 1 saturated heterocycles. The van der Waals surface area contributed by atoms with E-state index >= 15 is 0 Å². The molecule has 0 radical (unpaired) electrons. The molecule has 3 fully saturated rings. The van der Waals surface area contributed by atoms with Crippen molar-refractivity contribution in [3.63, 3.8) is 0 Å². The first-order chi connectivity index (χ1) is 12.5. The smallest absolute Gasteiger partial charge is 0.319 e. The number of anilines is 1. The van der Waals surface area contributed by atoms with Gasteiger partial charge in [-0.05, 0) is 61.8 Å². The molecule has 3 amide bonds. The molecule has 0 aromatic heterocycles. The van der Waals surface area contributed by atoms with Crippen LogP contribution in [0.3, 0.4) is 0 Å². The Morgan fingerprint density at radius 1 is 1.12 bits per heavy atom. The molecule has 7 heteroatoms.